The summed E-state index contributed by atoms with van der Waals surface area (Å²) in [6.45, 7) is 6.76. The third-order valence-electron chi connectivity index (χ3n) is 4.92. The molecule has 2 aliphatic rings. The smallest absolute Gasteiger partial charge is 0.410 e. The van der Waals surface area contributed by atoms with Gasteiger partial charge in [-0.25, -0.2) is 14.2 Å². The molecule has 10 heteroatoms. The molecular weight excluding hydrogens is 565 g/mol. The highest BCUT2D eigenvalue weighted by Gasteiger charge is 2.47. The first-order valence-corrected chi connectivity index (χ1v) is 11.1. The molecule has 0 radical (unpaired) electrons. The molecule has 3 heterocycles. The van der Waals surface area contributed by atoms with Crippen molar-refractivity contribution in [1.29, 1.82) is 0 Å². The van der Waals surface area contributed by atoms with Crippen LogP contribution < -0.4 is 4.90 Å². The van der Waals surface area contributed by atoms with Gasteiger partial charge in [0, 0.05) is 18.5 Å². The van der Waals surface area contributed by atoms with Crippen molar-refractivity contribution in [3.63, 3.8) is 0 Å². The van der Waals surface area contributed by atoms with Crippen molar-refractivity contribution in [2.75, 3.05) is 18.0 Å². The van der Waals surface area contributed by atoms with Gasteiger partial charge in [0.2, 0.25) is 5.28 Å². The van der Waals surface area contributed by atoms with Gasteiger partial charge in [0.15, 0.2) is 5.82 Å². The molecule has 1 aromatic carbocycles. The lowest BCUT2D eigenvalue weighted by atomic mass is 10.2. The van der Waals surface area contributed by atoms with Gasteiger partial charge in [-0.05, 0) is 83.4 Å². The van der Waals surface area contributed by atoms with Gasteiger partial charge in [0.05, 0.1) is 25.6 Å². The predicted octanol–water partition coefficient (Wildman–Crippen LogP) is 4.99. The number of ether oxygens (including phenoxy) is 1. The number of aromatic nitrogens is 2. The van der Waals surface area contributed by atoms with Crippen LogP contribution in [-0.2, 0) is 4.74 Å². The number of anilines is 1. The molecule has 28 heavy (non-hydrogen) atoms. The van der Waals surface area contributed by atoms with Gasteiger partial charge >= 0.3 is 6.09 Å². The summed E-state index contributed by atoms with van der Waals surface area (Å²) < 4.78 is 20.6. The van der Waals surface area contributed by atoms with Crippen LogP contribution in [0.3, 0.4) is 0 Å². The largest absolute Gasteiger partial charge is 0.444 e. The van der Waals surface area contributed by atoms with Crippen LogP contribution in [0.15, 0.2) is 10.5 Å². The molecule has 0 unspecified atom stereocenters. The first-order valence-electron chi connectivity index (χ1n) is 8.82. The van der Waals surface area contributed by atoms with Gasteiger partial charge in [-0.15, -0.1) is 0 Å². The zero-order valence-electron chi connectivity index (χ0n) is 15.5. The number of carbonyl (C=O) groups is 1. The Hall–Kier alpha value is -0.940. The molecule has 2 saturated heterocycles. The molecule has 0 N–H and O–H groups in total. The lowest BCUT2D eigenvalue weighted by Gasteiger charge is -2.36. The summed E-state index contributed by atoms with van der Waals surface area (Å²) in [5.41, 5.74) is -0.0816. The van der Waals surface area contributed by atoms with Crippen LogP contribution in [0.2, 0.25) is 5.28 Å². The van der Waals surface area contributed by atoms with E-state index in [4.69, 9.17) is 16.3 Å². The summed E-state index contributed by atoms with van der Waals surface area (Å²) in [6, 6.07) is 1.89. The fourth-order valence-corrected chi connectivity index (χ4v) is 5.45. The van der Waals surface area contributed by atoms with E-state index in [-0.39, 0.29) is 33.8 Å². The SMILES string of the molecule is CC(C)(C)OC(=O)N1C[C@H]2C[C@@H]1CN2c1nc(Cl)nc2c(Br)c(F)c(I)cc12. The third-order valence-corrected chi connectivity index (χ3v) is 6.60. The molecule has 0 saturated carbocycles. The second-order valence-electron chi connectivity index (χ2n) is 8.03. The Balaban J connectivity index is 1.66. The van der Waals surface area contributed by atoms with E-state index < -0.39 is 5.60 Å². The standard InChI is InChI=1S/C18H18BrClFIN4O2/c1-18(2,3)28-17(27)26-7-8-4-9(26)6-25(8)15-10-5-11(22)13(21)12(19)14(10)23-16(20)24-15/h5,8-9H,4,6-7H2,1-3H3/t8-,9-/m1/s1. The Bertz CT molecular complexity index is 986. The van der Waals surface area contributed by atoms with E-state index in [1.807, 2.05) is 43.4 Å². The van der Waals surface area contributed by atoms with E-state index in [2.05, 4.69) is 30.8 Å². The van der Waals surface area contributed by atoms with Crippen LogP contribution in [0.4, 0.5) is 15.0 Å². The van der Waals surface area contributed by atoms with Crippen LogP contribution in [-0.4, -0.2) is 51.7 Å². The number of nitrogens with zero attached hydrogens (tertiary/aromatic N) is 4. The predicted molar refractivity (Wildman–Crippen MR) is 117 cm³/mol. The summed E-state index contributed by atoms with van der Waals surface area (Å²) in [6.07, 6.45) is 0.548. The summed E-state index contributed by atoms with van der Waals surface area (Å²) in [4.78, 5) is 25.1. The lowest BCUT2D eigenvalue weighted by Crippen LogP contribution is -2.50. The Labute approximate surface area is 189 Å². The highest BCUT2D eigenvalue weighted by atomic mass is 127. The topological polar surface area (TPSA) is 58.6 Å². The van der Waals surface area contributed by atoms with E-state index in [0.29, 0.717) is 28.0 Å². The van der Waals surface area contributed by atoms with E-state index >= 15 is 0 Å². The van der Waals surface area contributed by atoms with Crippen molar-refractivity contribution >= 4 is 72.9 Å². The molecule has 6 nitrogen and oxygen atoms in total. The Morgan fingerprint density at radius 1 is 1.36 bits per heavy atom. The van der Waals surface area contributed by atoms with Crippen molar-refractivity contribution in [3.05, 3.63) is 25.2 Å². The third kappa shape index (κ3) is 3.54. The quantitative estimate of drug-likeness (QED) is 0.269. The van der Waals surface area contributed by atoms with Gasteiger partial charge in [-0.3, -0.25) is 0 Å². The van der Waals surface area contributed by atoms with Crippen LogP contribution in [0.1, 0.15) is 27.2 Å². The Morgan fingerprint density at radius 2 is 2.07 bits per heavy atom. The zero-order valence-corrected chi connectivity index (χ0v) is 20.0. The summed E-state index contributed by atoms with van der Waals surface area (Å²) in [7, 11) is 0. The van der Waals surface area contributed by atoms with Gasteiger partial charge in [-0.1, -0.05) is 0 Å². The summed E-state index contributed by atoms with van der Waals surface area (Å²) in [5, 5.41) is 0.800. The molecule has 2 aromatic rings. The average molecular weight is 584 g/mol. The molecule has 1 aromatic heterocycles. The molecule has 0 spiro atoms. The number of piperazine rings is 1. The molecular formula is C18H18BrClFIN4O2. The molecule has 2 fully saturated rings. The van der Waals surface area contributed by atoms with Crippen LogP contribution >= 0.6 is 50.1 Å². The first-order chi connectivity index (χ1) is 13.0. The van der Waals surface area contributed by atoms with Crippen molar-refractivity contribution in [3.8, 4) is 0 Å². The number of amides is 1. The van der Waals surface area contributed by atoms with Gasteiger partial charge in [-0.2, -0.15) is 4.98 Å². The number of rotatable bonds is 1. The maximum absolute atomic E-state index is 14.3. The summed E-state index contributed by atoms with van der Waals surface area (Å²) >= 11 is 11.4. The van der Waals surface area contributed by atoms with E-state index in [9.17, 15) is 9.18 Å². The number of hydrogen-bond donors (Lipinski definition) is 0. The molecule has 2 bridgehead atoms. The minimum atomic E-state index is -0.526. The number of benzene rings is 1. The summed E-state index contributed by atoms with van der Waals surface area (Å²) in [5.74, 6) is 0.304. The molecule has 4 rings (SSSR count). The van der Waals surface area contributed by atoms with Crippen molar-refractivity contribution < 1.29 is 13.9 Å². The van der Waals surface area contributed by atoms with Crippen LogP contribution in [0, 0.1) is 9.39 Å². The molecule has 2 atom stereocenters. The van der Waals surface area contributed by atoms with Gasteiger partial charge < -0.3 is 14.5 Å². The van der Waals surface area contributed by atoms with Gasteiger partial charge in [0.1, 0.15) is 11.4 Å². The van der Waals surface area contributed by atoms with Crippen molar-refractivity contribution in [2.45, 2.75) is 44.9 Å². The first kappa shape index (κ1) is 20.3. The van der Waals surface area contributed by atoms with Crippen molar-refractivity contribution in [1.82, 2.24) is 14.9 Å². The minimum absolute atomic E-state index is 0.0478. The second kappa shape index (κ2) is 7.09. The van der Waals surface area contributed by atoms with Gasteiger partial charge in [0.25, 0.3) is 0 Å². The van der Waals surface area contributed by atoms with E-state index in [1.165, 1.54) is 0 Å². The fraction of sp³-hybridized carbons (Fsp3) is 0.500. The maximum Gasteiger partial charge on any atom is 0.410 e. The molecule has 150 valence electrons. The van der Waals surface area contributed by atoms with E-state index in [0.717, 1.165) is 11.8 Å². The Morgan fingerprint density at radius 3 is 2.68 bits per heavy atom. The number of hydrogen-bond acceptors (Lipinski definition) is 5. The number of likely N-dealkylation sites (tertiary alicyclic amines) is 1. The number of fused-ring (bicyclic) bond motifs is 3. The normalized spacial score (nSPS) is 21.7. The minimum Gasteiger partial charge on any atom is -0.444 e. The second-order valence-corrected chi connectivity index (χ2v) is 10.3. The number of halogens is 4. The molecule has 1 amide bonds. The van der Waals surface area contributed by atoms with E-state index in [1.54, 1.807) is 11.0 Å². The highest BCUT2D eigenvalue weighted by molar-refractivity contribution is 14.1. The highest BCUT2D eigenvalue weighted by Crippen LogP contribution is 2.40. The monoisotopic (exact) mass is 582 g/mol. The fourth-order valence-electron chi connectivity index (χ4n) is 3.82. The lowest BCUT2D eigenvalue weighted by molar-refractivity contribution is 0.0214. The number of carbonyl (C=O) groups excluding carboxylic acids is 1. The molecule has 2 aliphatic heterocycles. The van der Waals surface area contributed by atoms with Crippen LogP contribution in [0.5, 0.6) is 0 Å². The zero-order chi connectivity index (χ0) is 20.4. The van der Waals surface area contributed by atoms with Crippen molar-refractivity contribution in [2.24, 2.45) is 0 Å². The Kier molecular flexibility index (Phi) is 5.15. The molecule has 0 aliphatic carbocycles. The maximum atomic E-state index is 14.3. The van der Waals surface area contributed by atoms with Crippen LogP contribution in [0.25, 0.3) is 10.9 Å². The average Bonchev–Trinajstić information content (AvgIpc) is 3.19.